The fourth-order valence-electron chi connectivity index (χ4n) is 2.30. The second-order valence-electron chi connectivity index (χ2n) is 5.06. The zero-order valence-corrected chi connectivity index (χ0v) is 11.5. The van der Waals surface area contributed by atoms with E-state index in [1.54, 1.807) is 7.11 Å². The minimum Gasteiger partial charge on any atom is -0.383 e. The van der Waals surface area contributed by atoms with Crippen molar-refractivity contribution in [1.29, 1.82) is 0 Å². The van der Waals surface area contributed by atoms with Crippen LogP contribution in [0.25, 0.3) is 0 Å². The number of nitrogens with two attached hydrogens (primary N) is 1. The first-order valence-electron chi connectivity index (χ1n) is 6.74. The van der Waals surface area contributed by atoms with Crippen molar-refractivity contribution < 1.29 is 4.74 Å². The van der Waals surface area contributed by atoms with Crippen molar-refractivity contribution in [2.75, 3.05) is 20.3 Å². The Morgan fingerprint density at radius 1 is 1.35 bits per heavy atom. The van der Waals surface area contributed by atoms with E-state index in [9.17, 15) is 0 Å². The van der Waals surface area contributed by atoms with Gasteiger partial charge in [-0.1, -0.05) is 19.3 Å². The molecule has 0 radical (unpaired) electrons. The van der Waals surface area contributed by atoms with Gasteiger partial charge in [0.1, 0.15) is 0 Å². The van der Waals surface area contributed by atoms with Crippen LogP contribution in [0.15, 0.2) is 4.99 Å². The highest BCUT2D eigenvalue weighted by Gasteiger charge is 2.16. The predicted molar refractivity (Wildman–Crippen MR) is 72.2 cm³/mol. The molecule has 2 N–H and O–H groups in total. The molecule has 0 heterocycles. The summed E-state index contributed by atoms with van der Waals surface area (Å²) in [5, 5.41) is 0. The molecule has 1 rings (SSSR count). The summed E-state index contributed by atoms with van der Waals surface area (Å²) in [6.07, 6.45) is 6.32. The van der Waals surface area contributed by atoms with Crippen LogP contribution in [0, 0.1) is 0 Å². The third kappa shape index (κ3) is 4.94. The maximum atomic E-state index is 6.11. The van der Waals surface area contributed by atoms with Crippen molar-refractivity contribution in [1.82, 2.24) is 4.90 Å². The van der Waals surface area contributed by atoms with Crippen LogP contribution in [-0.4, -0.2) is 43.2 Å². The lowest BCUT2D eigenvalue weighted by molar-refractivity contribution is 0.166. The van der Waals surface area contributed by atoms with Gasteiger partial charge in [-0.05, 0) is 26.7 Å². The standard InChI is InChI=1S/C13H27N3O/c1-11(2)16(9-10-17-3)13(14)15-12-7-5-4-6-8-12/h11-12H,4-10H2,1-3H3,(H2,14,15). The lowest BCUT2D eigenvalue weighted by atomic mass is 9.96. The molecule has 100 valence electrons. The van der Waals surface area contributed by atoms with E-state index < -0.39 is 0 Å². The van der Waals surface area contributed by atoms with Crippen molar-refractivity contribution in [3.8, 4) is 0 Å². The van der Waals surface area contributed by atoms with E-state index in [-0.39, 0.29) is 0 Å². The Kier molecular flexibility index (Phi) is 6.34. The molecule has 1 aliphatic carbocycles. The Labute approximate surface area is 105 Å². The highest BCUT2D eigenvalue weighted by molar-refractivity contribution is 5.78. The molecule has 1 fully saturated rings. The monoisotopic (exact) mass is 241 g/mol. The third-order valence-electron chi connectivity index (χ3n) is 3.34. The van der Waals surface area contributed by atoms with Crippen LogP contribution in [0.3, 0.4) is 0 Å². The number of rotatable bonds is 5. The summed E-state index contributed by atoms with van der Waals surface area (Å²) in [6.45, 7) is 5.78. The smallest absolute Gasteiger partial charge is 0.191 e. The third-order valence-corrected chi connectivity index (χ3v) is 3.34. The van der Waals surface area contributed by atoms with Crippen LogP contribution in [0.5, 0.6) is 0 Å². The molecule has 17 heavy (non-hydrogen) atoms. The maximum absolute atomic E-state index is 6.11. The van der Waals surface area contributed by atoms with Gasteiger partial charge in [0, 0.05) is 19.7 Å². The molecule has 4 heteroatoms. The SMILES string of the molecule is COCCN(C(N)=NC1CCCCC1)C(C)C. The van der Waals surface area contributed by atoms with Crippen molar-refractivity contribution >= 4 is 5.96 Å². The molecule has 0 aliphatic heterocycles. The van der Waals surface area contributed by atoms with E-state index in [2.05, 4.69) is 23.7 Å². The predicted octanol–water partition coefficient (Wildman–Crippen LogP) is 1.99. The largest absolute Gasteiger partial charge is 0.383 e. The first-order valence-corrected chi connectivity index (χ1v) is 6.74. The molecule has 4 nitrogen and oxygen atoms in total. The van der Waals surface area contributed by atoms with Gasteiger partial charge in [0.05, 0.1) is 12.6 Å². The fraction of sp³-hybridized carbons (Fsp3) is 0.923. The number of nitrogens with zero attached hydrogens (tertiary/aromatic N) is 2. The van der Waals surface area contributed by atoms with Crippen LogP contribution in [-0.2, 0) is 4.74 Å². The van der Waals surface area contributed by atoms with Crippen LogP contribution in [0.2, 0.25) is 0 Å². The molecule has 0 aromatic rings. The van der Waals surface area contributed by atoms with Crippen LogP contribution < -0.4 is 5.73 Å². The summed E-state index contributed by atoms with van der Waals surface area (Å²) in [6, 6.07) is 0.810. The van der Waals surface area contributed by atoms with Gasteiger partial charge >= 0.3 is 0 Å². The first kappa shape index (κ1) is 14.3. The van der Waals surface area contributed by atoms with E-state index in [4.69, 9.17) is 10.5 Å². The van der Waals surface area contributed by atoms with E-state index in [0.717, 1.165) is 6.54 Å². The van der Waals surface area contributed by atoms with Crippen LogP contribution in [0.4, 0.5) is 0 Å². The second-order valence-corrected chi connectivity index (χ2v) is 5.06. The molecule has 0 atom stereocenters. The van der Waals surface area contributed by atoms with Gasteiger partial charge < -0.3 is 15.4 Å². The van der Waals surface area contributed by atoms with Gasteiger partial charge in [0.25, 0.3) is 0 Å². The zero-order chi connectivity index (χ0) is 12.7. The fourth-order valence-corrected chi connectivity index (χ4v) is 2.30. The highest BCUT2D eigenvalue weighted by Crippen LogP contribution is 2.20. The Morgan fingerprint density at radius 2 is 2.00 bits per heavy atom. The van der Waals surface area contributed by atoms with Gasteiger partial charge in [-0.15, -0.1) is 0 Å². The summed E-state index contributed by atoms with van der Waals surface area (Å²) >= 11 is 0. The van der Waals surface area contributed by atoms with E-state index in [0.29, 0.717) is 24.7 Å². The summed E-state index contributed by atoms with van der Waals surface area (Å²) in [5.41, 5.74) is 6.11. The van der Waals surface area contributed by atoms with E-state index in [1.165, 1.54) is 32.1 Å². The molecule has 1 saturated carbocycles. The summed E-state index contributed by atoms with van der Waals surface area (Å²) in [5.74, 6) is 0.684. The van der Waals surface area contributed by atoms with E-state index >= 15 is 0 Å². The Balaban J connectivity index is 2.55. The average Bonchev–Trinajstić information content (AvgIpc) is 2.30. The Hall–Kier alpha value is -0.770. The highest BCUT2D eigenvalue weighted by atomic mass is 16.5. The molecule has 0 amide bonds. The van der Waals surface area contributed by atoms with Gasteiger partial charge in [0.2, 0.25) is 0 Å². The van der Waals surface area contributed by atoms with Gasteiger partial charge in [-0.2, -0.15) is 0 Å². The Morgan fingerprint density at radius 3 is 2.53 bits per heavy atom. The summed E-state index contributed by atoms with van der Waals surface area (Å²) < 4.78 is 5.11. The lowest BCUT2D eigenvalue weighted by Gasteiger charge is -2.29. The van der Waals surface area contributed by atoms with Gasteiger partial charge in [-0.25, -0.2) is 4.99 Å². The molecular formula is C13H27N3O. The van der Waals surface area contributed by atoms with Gasteiger partial charge in [0.15, 0.2) is 5.96 Å². The zero-order valence-electron chi connectivity index (χ0n) is 11.5. The maximum Gasteiger partial charge on any atom is 0.191 e. The number of guanidine groups is 1. The molecule has 0 aromatic carbocycles. The minimum atomic E-state index is 0.373. The lowest BCUT2D eigenvalue weighted by Crippen LogP contribution is -2.44. The van der Waals surface area contributed by atoms with E-state index in [1.807, 2.05) is 0 Å². The van der Waals surface area contributed by atoms with Crippen molar-refractivity contribution in [2.24, 2.45) is 10.7 Å². The second kappa shape index (κ2) is 7.54. The number of hydrogen-bond donors (Lipinski definition) is 1. The number of ether oxygens (including phenoxy) is 1. The quantitative estimate of drug-likeness (QED) is 0.591. The molecule has 0 saturated heterocycles. The summed E-state index contributed by atoms with van der Waals surface area (Å²) in [4.78, 5) is 6.80. The summed E-state index contributed by atoms with van der Waals surface area (Å²) in [7, 11) is 1.72. The first-order chi connectivity index (χ1) is 8.15. The molecule has 1 aliphatic rings. The minimum absolute atomic E-state index is 0.373. The number of hydrogen-bond acceptors (Lipinski definition) is 2. The van der Waals surface area contributed by atoms with Crippen molar-refractivity contribution in [3.63, 3.8) is 0 Å². The molecule has 0 unspecified atom stereocenters. The Bertz CT molecular complexity index is 235. The average molecular weight is 241 g/mol. The molecular weight excluding hydrogens is 214 g/mol. The van der Waals surface area contributed by atoms with Gasteiger partial charge in [-0.3, -0.25) is 0 Å². The van der Waals surface area contributed by atoms with Crippen LogP contribution >= 0.6 is 0 Å². The normalized spacial score (nSPS) is 18.7. The van der Waals surface area contributed by atoms with Crippen LogP contribution in [0.1, 0.15) is 46.0 Å². The van der Waals surface area contributed by atoms with Crippen molar-refractivity contribution in [3.05, 3.63) is 0 Å². The number of aliphatic imine (C=N–C) groups is 1. The topological polar surface area (TPSA) is 50.9 Å². The number of methoxy groups -OCH3 is 1. The van der Waals surface area contributed by atoms with Crippen molar-refractivity contribution in [2.45, 2.75) is 58.0 Å². The molecule has 0 aromatic heterocycles. The molecule has 0 bridgehead atoms. The molecule has 0 spiro atoms.